The molecule has 0 spiro atoms. The number of rotatable bonds is 4. The largest absolute Gasteiger partial charge is 0.496 e. The fraction of sp³-hybridized carbons (Fsp3) is 0.120. The van der Waals surface area contributed by atoms with E-state index < -0.39 is 0 Å². The van der Waals surface area contributed by atoms with Crippen molar-refractivity contribution < 1.29 is 9.47 Å². The minimum atomic E-state index is 0.842. The van der Waals surface area contributed by atoms with Crippen LogP contribution in [0.3, 0.4) is 0 Å². The molecule has 0 aromatic heterocycles. The van der Waals surface area contributed by atoms with Gasteiger partial charge in [0.1, 0.15) is 11.5 Å². The van der Waals surface area contributed by atoms with Crippen LogP contribution >= 0.6 is 0 Å². The SMILES string of the molecule is C/C=C/c1cc2ccccc2c(-c2c(OC)ccc3ccccc23)c1OC. The number of ether oxygens (including phenoxy) is 2. The second-order valence-electron chi connectivity index (χ2n) is 6.46. The molecule has 0 saturated carbocycles. The number of benzene rings is 4. The van der Waals surface area contributed by atoms with E-state index in [0.717, 1.165) is 39.0 Å². The van der Waals surface area contributed by atoms with Gasteiger partial charge in [-0.25, -0.2) is 0 Å². The van der Waals surface area contributed by atoms with Crippen LogP contribution in [0.2, 0.25) is 0 Å². The molecule has 2 heteroatoms. The summed E-state index contributed by atoms with van der Waals surface area (Å²) in [5.74, 6) is 1.70. The highest BCUT2D eigenvalue weighted by molar-refractivity contribution is 6.11. The molecule has 0 saturated heterocycles. The quantitative estimate of drug-likeness (QED) is 0.405. The van der Waals surface area contributed by atoms with E-state index in [-0.39, 0.29) is 0 Å². The molecule has 0 bridgehead atoms. The van der Waals surface area contributed by atoms with Gasteiger partial charge in [0.25, 0.3) is 0 Å². The number of fused-ring (bicyclic) bond motifs is 2. The summed E-state index contributed by atoms with van der Waals surface area (Å²) in [7, 11) is 3.45. The standard InChI is InChI=1S/C25H22O2/c1-4-9-19-16-18-11-6-8-13-21(18)24(25(19)27-3)23-20-12-7-5-10-17(20)14-15-22(23)26-2/h4-16H,1-3H3/b9-4+. The summed E-state index contributed by atoms with van der Waals surface area (Å²) in [6.07, 6.45) is 4.13. The van der Waals surface area contributed by atoms with Crippen molar-refractivity contribution in [3.05, 3.63) is 78.4 Å². The zero-order valence-corrected chi connectivity index (χ0v) is 15.8. The summed E-state index contributed by atoms with van der Waals surface area (Å²) in [6.45, 7) is 2.02. The van der Waals surface area contributed by atoms with Crippen molar-refractivity contribution in [3.63, 3.8) is 0 Å². The lowest BCUT2D eigenvalue weighted by Crippen LogP contribution is -1.96. The molecule has 0 radical (unpaired) electrons. The second-order valence-corrected chi connectivity index (χ2v) is 6.46. The first-order valence-corrected chi connectivity index (χ1v) is 9.07. The van der Waals surface area contributed by atoms with E-state index in [2.05, 4.69) is 66.7 Å². The van der Waals surface area contributed by atoms with Crippen molar-refractivity contribution >= 4 is 27.6 Å². The van der Waals surface area contributed by atoms with Gasteiger partial charge in [-0.15, -0.1) is 0 Å². The van der Waals surface area contributed by atoms with E-state index in [4.69, 9.17) is 9.47 Å². The first kappa shape index (κ1) is 17.2. The average Bonchev–Trinajstić information content (AvgIpc) is 2.72. The van der Waals surface area contributed by atoms with E-state index in [1.807, 2.05) is 19.1 Å². The fourth-order valence-corrected chi connectivity index (χ4v) is 3.80. The Labute approximate surface area is 159 Å². The molecule has 0 atom stereocenters. The summed E-state index contributed by atoms with van der Waals surface area (Å²) in [4.78, 5) is 0. The number of hydrogen-bond acceptors (Lipinski definition) is 2. The van der Waals surface area contributed by atoms with Gasteiger partial charge in [0.15, 0.2) is 0 Å². The zero-order valence-electron chi connectivity index (χ0n) is 15.8. The number of methoxy groups -OCH3 is 2. The minimum absolute atomic E-state index is 0.842. The number of allylic oxidation sites excluding steroid dienone is 1. The van der Waals surface area contributed by atoms with Crippen LogP contribution in [-0.2, 0) is 0 Å². The van der Waals surface area contributed by atoms with Crippen LogP contribution in [0.25, 0.3) is 38.7 Å². The lowest BCUT2D eigenvalue weighted by atomic mass is 9.90. The highest BCUT2D eigenvalue weighted by Gasteiger charge is 2.20. The molecule has 0 aliphatic carbocycles. The Balaban J connectivity index is 2.24. The molecular weight excluding hydrogens is 332 g/mol. The van der Waals surface area contributed by atoms with Crippen molar-refractivity contribution in [2.24, 2.45) is 0 Å². The van der Waals surface area contributed by atoms with Crippen molar-refractivity contribution in [2.75, 3.05) is 14.2 Å². The molecule has 0 N–H and O–H groups in total. The molecule has 27 heavy (non-hydrogen) atoms. The van der Waals surface area contributed by atoms with Gasteiger partial charge in [0, 0.05) is 16.7 Å². The van der Waals surface area contributed by atoms with E-state index in [9.17, 15) is 0 Å². The Morgan fingerprint density at radius 3 is 2.04 bits per heavy atom. The Bertz CT molecular complexity index is 1160. The van der Waals surface area contributed by atoms with Gasteiger partial charge in [0.05, 0.1) is 14.2 Å². The van der Waals surface area contributed by atoms with E-state index >= 15 is 0 Å². The molecule has 2 nitrogen and oxygen atoms in total. The Hall–Kier alpha value is -3.26. The first-order valence-electron chi connectivity index (χ1n) is 9.07. The van der Waals surface area contributed by atoms with Gasteiger partial charge in [-0.2, -0.15) is 0 Å². The van der Waals surface area contributed by atoms with E-state index in [1.54, 1.807) is 14.2 Å². The minimum Gasteiger partial charge on any atom is -0.496 e. The van der Waals surface area contributed by atoms with Crippen LogP contribution in [0.1, 0.15) is 12.5 Å². The van der Waals surface area contributed by atoms with Crippen LogP contribution in [0.5, 0.6) is 11.5 Å². The summed E-state index contributed by atoms with van der Waals surface area (Å²) in [5.41, 5.74) is 3.19. The molecule has 4 rings (SSSR count). The summed E-state index contributed by atoms with van der Waals surface area (Å²) < 4.78 is 11.7. The average molecular weight is 354 g/mol. The lowest BCUT2D eigenvalue weighted by molar-refractivity contribution is 0.410. The molecule has 4 aromatic carbocycles. The third-order valence-corrected chi connectivity index (χ3v) is 4.94. The molecular formula is C25H22O2. The molecule has 4 aromatic rings. The predicted molar refractivity (Wildman–Crippen MR) is 115 cm³/mol. The van der Waals surface area contributed by atoms with E-state index in [0.29, 0.717) is 0 Å². The second kappa shape index (κ2) is 7.16. The Morgan fingerprint density at radius 1 is 0.704 bits per heavy atom. The third-order valence-electron chi connectivity index (χ3n) is 4.94. The maximum atomic E-state index is 5.93. The zero-order chi connectivity index (χ0) is 18.8. The van der Waals surface area contributed by atoms with Gasteiger partial charge in [-0.3, -0.25) is 0 Å². The topological polar surface area (TPSA) is 18.5 Å². The van der Waals surface area contributed by atoms with Crippen molar-refractivity contribution in [1.82, 2.24) is 0 Å². The third kappa shape index (κ3) is 2.83. The highest BCUT2D eigenvalue weighted by Crippen LogP contribution is 2.47. The normalized spacial score (nSPS) is 11.4. The van der Waals surface area contributed by atoms with Gasteiger partial charge in [-0.1, -0.05) is 66.7 Å². The molecule has 0 heterocycles. The Kier molecular flexibility index (Phi) is 4.55. The summed E-state index contributed by atoms with van der Waals surface area (Å²) >= 11 is 0. The predicted octanol–water partition coefficient (Wildman–Crippen LogP) is 6.71. The van der Waals surface area contributed by atoms with Crippen molar-refractivity contribution in [1.29, 1.82) is 0 Å². The smallest absolute Gasteiger partial charge is 0.134 e. The maximum Gasteiger partial charge on any atom is 0.134 e. The molecule has 0 amide bonds. The summed E-state index contributed by atoms with van der Waals surface area (Å²) in [5, 5.41) is 4.66. The van der Waals surface area contributed by atoms with Crippen LogP contribution in [-0.4, -0.2) is 14.2 Å². The van der Waals surface area contributed by atoms with Crippen LogP contribution < -0.4 is 9.47 Å². The molecule has 0 unspecified atom stereocenters. The summed E-state index contributed by atoms with van der Waals surface area (Å²) in [6, 6.07) is 23.1. The van der Waals surface area contributed by atoms with Crippen LogP contribution in [0.15, 0.2) is 72.8 Å². The van der Waals surface area contributed by atoms with Gasteiger partial charge in [-0.05, 0) is 40.6 Å². The number of hydrogen-bond donors (Lipinski definition) is 0. The maximum absolute atomic E-state index is 5.93. The fourth-order valence-electron chi connectivity index (χ4n) is 3.80. The molecule has 0 aliphatic heterocycles. The van der Waals surface area contributed by atoms with Gasteiger partial charge < -0.3 is 9.47 Å². The van der Waals surface area contributed by atoms with E-state index in [1.165, 1.54) is 10.8 Å². The molecule has 134 valence electrons. The lowest BCUT2D eigenvalue weighted by Gasteiger charge is -2.19. The van der Waals surface area contributed by atoms with Crippen molar-refractivity contribution in [2.45, 2.75) is 6.92 Å². The Morgan fingerprint density at radius 2 is 1.37 bits per heavy atom. The van der Waals surface area contributed by atoms with Gasteiger partial charge in [0.2, 0.25) is 0 Å². The highest BCUT2D eigenvalue weighted by atomic mass is 16.5. The first-order chi connectivity index (χ1) is 13.3. The van der Waals surface area contributed by atoms with Crippen LogP contribution in [0.4, 0.5) is 0 Å². The monoisotopic (exact) mass is 354 g/mol. The molecule has 0 fully saturated rings. The molecule has 0 aliphatic rings. The van der Waals surface area contributed by atoms with Crippen LogP contribution in [0, 0.1) is 0 Å². The van der Waals surface area contributed by atoms with Gasteiger partial charge >= 0.3 is 0 Å². The van der Waals surface area contributed by atoms with Crippen molar-refractivity contribution in [3.8, 4) is 22.6 Å².